The highest BCUT2D eigenvalue weighted by atomic mass is 35.5. The fourth-order valence-corrected chi connectivity index (χ4v) is 2.55. The predicted molar refractivity (Wildman–Crippen MR) is 93.8 cm³/mol. The van der Waals surface area contributed by atoms with E-state index in [4.69, 9.17) is 11.6 Å². The van der Waals surface area contributed by atoms with Gasteiger partial charge in [0.25, 0.3) is 5.91 Å². The molecule has 0 saturated carbocycles. The third kappa shape index (κ3) is 4.80. The topological polar surface area (TPSA) is 56.2 Å². The van der Waals surface area contributed by atoms with E-state index in [1.54, 1.807) is 23.0 Å². The summed E-state index contributed by atoms with van der Waals surface area (Å²) in [4.78, 5) is 12.2. The number of ether oxygens (including phenoxy) is 1. The van der Waals surface area contributed by atoms with Crippen LogP contribution in [0.4, 0.5) is 14.6 Å². The van der Waals surface area contributed by atoms with Crippen LogP contribution in [0.2, 0.25) is 5.02 Å². The molecule has 0 unspecified atom stereocenters. The summed E-state index contributed by atoms with van der Waals surface area (Å²) in [7, 11) is 0. The van der Waals surface area contributed by atoms with E-state index in [-0.39, 0.29) is 11.3 Å². The number of alkyl halides is 2. The largest absolute Gasteiger partial charge is 0.435 e. The highest BCUT2D eigenvalue weighted by Crippen LogP contribution is 2.17. The van der Waals surface area contributed by atoms with Gasteiger partial charge in [-0.25, -0.2) is 0 Å². The van der Waals surface area contributed by atoms with Gasteiger partial charge in [-0.2, -0.15) is 13.9 Å². The summed E-state index contributed by atoms with van der Waals surface area (Å²) >= 11 is 5.95. The third-order valence-electron chi connectivity index (χ3n) is 3.44. The SMILES string of the molecule is O=C(Nc1ccn(Cc2cccc(Cl)c2)n1)c1cccc(OC(F)F)c1. The number of nitrogens with zero attached hydrogens (tertiary/aromatic N) is 2. The van der Waals surface area contributed by atoms with E-state index in [1.165, 1.54) is 24.3 Å². The van der Waals surface area contributed by atoms with Crippen molar-refractivity contribution in [1.82, 2.24) is 9.78 Å². The zero-order chi connectivity index (χ0) is 18.5. The molecule has 0 atom stereocenters. The molecule has 0 fully saturated rings. The molecule has 5 nitrogen and oxygen atoms in total. The molecule has 1 aromatic heterocycles. The van der Waals surface area contributed by atoms with Gasteiger partial charge in [0.1, 0.15) is 5.75 Å². The Balaban J connectivity index is 1.66. The fourth-order valence-electron chi connectivity index (χ4n) is 2.34. The molecule has 3 rings (SSSR count). The van der Waals surface area contributed by atoms with Crippen molar-refractivity contribution in [2.75, 3.05) is 5.32 Å². The Kier molecular flexibility index (Phi) is 5.48. The van der Waals surface area contributed by atoms with Crippen LogP contribution in [0.3, 0.4) is 0 Å². The predicted octanol–water partition coefficient (Wildman–Crippen LogP) is 4.44. The first-order valence-electron chi connectivity index (χ1n) is 7.64. The molecule has 1 N–H and O–H groups in total. The number of rotatable bonds is 6. The molecular weight excluding hydrogens is 364 g/mol. The van der Waals surface area contributed by atoms with Gasteiger partial charge in [0.05, 0.1) is 6.54 Å². The second-order valence-corrected chi connectivity index (χ2v) is 5.83. The molecule has 0 aliphatic heterocycles. The number of aromatic nitrogens is 2. The van der Waals surface area contributed by atoms with Crippen LogP contribution in [0.15, 0.2) is 60.8 Å². The Morgan fingerprint density at radius 3 is 2.77 bits per heavy atom. The second-order valence-electron chi connectivity index (χ2n) is 5.39. The van der Waals surface area contributed by atoms with Crippen LogP contribution in [0.1, 0.15) is 15.9 Å². The van der Waals surface area contributed by atoms with Crippen molar-refractivity contribution in [3.8, 4) is 5.75 Å². The highest BCUT2D eigenvalue weighted by molar-refractivity contribution is 6.30. The highest BCUT2D eigenvalue weighted by Gasteiger charge is 2.11. The maximum Gasteiger partial charge on any atom is 0.387 e. The van der Waals surface area contributed by atoms with E-state index in [9.17, 15) is 13.6 Å². The van der Waals surface area contributed by atoms with Crippen molar-refractivity contribution in [3.05, 3.63) is 76.9 Å². The number of halogens is 3. The average molecular weight is 378 g/mol. The maximum absolute atomic E-state index is 12.3. The average Bonchev–Trinajstić information content (AvgIpc) is 3.01. The van der Waals surface area contributed by atoms with Gasteiger partial charge in [0.2, 0.25) is 0 Å². The molecule has 8 heteroatoms. The Labute approximate surface area is 153 Å². The Morgan fingerprint density at radius 2 is 2.00 bits per heavy atom. The van der Waals surface area contributed by atoms with E-state index in [0.717, 1.165) is 5.56 Å². The van der Waals surface area contributed by atoms with E-state index >= 15 is 0 Å². The smallest absolute Gasteiger partial charge is 0.387 e. The van der Waals surface area contributed by atoms with Crippen molar-refractivity contribution >= 4 is 23.3 Å². The summed E-state index contributed by atoms with van der Waals surface area (Å²) < 4.78 is 30.5. The van der Waals surface area contributed by atoms with Crippen molar-refractivity contribution in [1.29, 1.82) is 0 Å². The molecule has 3 aromatic rings. The van der Waals surface area contributed by atoms with Crippen LogP contribution in [0.25, 0.3) is 0 Å². The molecule has 26 heavy (non-hydrogen) atoms. The lowest BCUT2D eigenvalue weighted by molar-refractivity contribution is -0.0498. The minimum atomic E-state index is -2.95. The Hall–Kier alpha value is -2.93. The summed E-state index contributed by atoms with van der Waals surface area (Å²) in [6, 6.07) is 14.6. The molecule has 0 aliphatic carbocycles. The molecule has 0 radical (unpaired) electrons. The normalized spacial score (nSPS) is 10.8. The van der Waals surface area contributed by atoms with E-state index < -0.39 is 12.5 Å². The van der Waals surface area contributed by atoms with Crippen molar-refractivity contribution in [3.63, 3.8) is 0 Å². The van der Waals surface area contributed by atoms with Gasteiger partial charge < -0.3 is 10.1 Å². The standard InChI is InChI=1S/C18H14ClF2N3O2/c19-14-5-1-3-12(9-14)11-24-8-7-16(23-24)22-17(25)13-4-2-6-15(10-13)26-18(20)21/h1-10,18H,11H2,(H,22,23,25). The Morgan fingerprint density at radius 1 is 1.19 bits per heavy atom. The van der Waals surface area contributed by atoms with Gasteiger partial charge in [-0.15, -0.1) is 0 Å². The molecule has 0 aliphatic rings. The number of hydrogen-bond donors (Lipinski definition) is 1. The lowest BCUT2D eigenvalue weighted by Crippen LogP contribution is -2.13. The van der Waals surface area contributed by atoms with Gasteiger partial charge in [-0.1, -0.05) is 29.8 Å². The van der Waals surface area contributed by atoms with Gasteiger partial charge in [0.15, 0.2) is 5.82 Å². The summed E-state index contributed by atoms with van der Waals surface area (Å²) in [5.41, 5.74) is 1.16. The molecule has 1 amide bonds. The molecule has 134 valence electrons. The van der Waals surface area contributed by atoms with E-state index in [0.29, 0.717) is 17.4 Å². The van der Waals surface area contributed by atoms with Crippen molar-refractivity contribution in [2.24, 2.45) is 0 Å². The third-order valence-corrected chi connectivity index (χ3v) is 3.67. The molecular formula is C18H14ClF2N3O2. The number of anilines is 1. The summed E-state index contributed by atoms with van der Waals surface area (Å²) in [6.45, 7) is -2.45. The number of nitrogens with one attached hydrogen (secondary N) is 1. The van der Waals surface area contributed by atoms with Crippen molar-refractivity contribution < 1.29 is 18.3 Å². The second kappa shape index (κ2) is 7.97. The minimum absolute atomic E-state index is 0.0841. The summed E-state index contributed by atoms with van der Waals surface area (Å²) in [6.07, 6.45) is 1.72. The van der Waals surface area contributed by atoms with Crippen molar-refractivity contribution in [2.45, 2.75) is 13.2 Å². The van der Waals surface area contributed by atoms with Crippen LogP contribution >= 0.6 is 11.6 Å². The van der Waals surface area contributed by atoms with Crippen LogP contribution in [-0.4, -0.2) is 22.3 Å². The summed E-state index contributed by atoms with van der Waals surface area (Å²) in [5, 5.41) is 7.51. The zero-order valence-electron chi connectivity index (χ0n) is 13.4. The van der Waals surface area contributed by atoms with Gasteiger partial charge >= 0.3 is 6.61 Å². The van der Waals surface area contributed by atoms with Gasteiger partial charge in [-0.3, -0.25) is 9.48 Å². The first-order chi connectivity index (χ1) is 12.5. The number of carbonyl (C=O) groups is 1. The van der Waals surface area contributed by atoms with Crippen LogP contribution < -0.4 is 10.1 Å². The fraction of sp³-hybridized carbons (Fsp3) is 0.111. The lowest BCUT2D eigenvalue weighted by Gasteiger charge is -2.07. The summed E-state index contributed by atoms with van der Waals surface area (Å²) in [5.74, 6) is -0.214. The monoisotopic (exact) mass is 377 g/mol. The molecule has 0 bridgehead atoms. The van der Waals surface area contributed by atoms with Crippen LogP contribution in [-0.2, 0) is 6.54 Å². The number of carbonyl (C=O) groups excluding carboxylic acids is 1. The first-order valence-corrected chi connectivity index (χ1v) is 8.01. The zero-order valence-corrected chi connectivity index (χ0v) is 14.2. The Bertz CT molecular complexity index is 915. The quantitative estimate of drug-likeness (QED) is 0.691. The van der Waals surface area contributed by atoms with E-state index in [2.05, 4.69) is 15.2 Å². The van der Waals surface area contributed by atoms with E-state index in [1.807, 2.05) is 18.2 Å². The molecule has 2 aromatic carbocycles. The number of hydrogen-bond acceptors (Lipinski definition) is 3. The minimum Gasteiger partial charge on any atom is -0.435 e. The van der Waals surface area contributed by atoms with Crippen LogP contribution in [0, 0.1) is 0 Å². The van der Waals surface area contributed by atoms with Gasteiger partial charge in [-0.05, 0) is 35.9 Å². The molecule has 0 saturated heterocycles. The molecule has 1 heterocycles. The number of amides is 1. The lowest BCUT2D eigenvalue weighted by atomic mass is 10.2. The van der Waals surface area contributed by atoms with Gasteiger partial charge in [0, 0.05) is 22.8 Å². The molecule has 0 spiro atoms. The maximum atomic E-state index is 12.3. The first kappa shape index (κ1) is 17.9. The number of benzene rings is 2. The van der Waals surface area contributed by atoms with Crippen LogP contribution in [0.5, 0.6) is 5.75 Å².